The number of anilines is 1. The molecule has 3 heterocycles. The van der Waals surface area contributed by atoms with Crippen LogP contribution in [0.1, 0.15) is 18.2 Å². The molecule has 9 heteroatoms. The average molecular weight is 419 g/mol. The third-order valence-electron chi connectivity index (χ3n) is 5.12. The fraction of sp³-hybridized carbons (Fsp3) is 0.368. The topological polar surface area (TPSA) is 75.0 Å². The van der Waals surface area contributed by atoms with Gasteiger partial charge < -0.3 is 4.90 Å². The molecule has 2 aromatic heterocycles. The molecule has 0 spiro atoms. The van der Waals surface area contributed by atoms with Crippen molar-refractivity contribution in [2.75, 3.05) is 24.5 Å². The molecule has 1 atom stereocenters. The quantitative estimate of drug-likeness (QED) is 0.652. The second kappa shape index (κ2) is 6.98. The largest absolute Gasteiger partial charge is 0.366 e. The van der Waals surface area contributed by atoms with Gasteiger partial charge in [0, 0.05) is 42.9 Å². The van der Waals surface area contributed by atoms with Crippen LogP contribution in [-0.2, 0) is 10.0 Å². The molecule has 0 aliphatic carbocycles. The Morgan fingerprint density at radius 1 is 1.21 bits per heavy atom. The first-order valence-corrected chi connectivity index (χ1v) is 11.4. The van der Waals surface area contributed by atoms with Gasteiger partial charge in [-0.2, -0.15) is 4.31 Å². The lowest BCUT2D eigenvalue weighted by molar-refractivity contribution is 0.342. The highest BCUT2D eigenvalue weighted by molar-refractivity contribution is 7.89. The van der Waals surface area contributed by atoms with Crippen molar-refractivity contribution in [3.05, 3.63) is 57.5 Å². The van der Waals surface area contributed by atoms with Crippen LogP contribution in [0, 0.1) is 13.8 Å². The maximum absolute atomic E-state index is 13.3. The van der Waals surface area contributed by atoms with Crippen LogP contribution in [0.15, 0.2) is 45.5 Å². The number of fused-ring (bicyclic) bond motifs is 1. The molecule has 0 saturated carbocycles. The van der Waals surface area contributed by atoms with E-state index in [1.54, 1.807) is 18.5 Å². The summed E-state index contributed by atoms with van der Waals surface area (Å²) in [5.74, 6) is 0. The Hall–Kier alpha value is -2.23. The van der Waals surface area contributed by atoms with E-state index in [1.807, 2.05) is 32.0 Å². The maximum atomic E-state index is 13.3. The number of piperazine rings is 1. The van der Waals surface area contributed by atoms with Crippen LogP contribution in [0.2, 0.25) is 0 Å². The summed E-state index contributed by atoms with van der Waals surface area (Å²) >= 11 is 1.31. The molecular weight excluding hydrogens is 396 g/mol. The molecule has 1 saturated heterocycles. The van der Waals surface area contributed by atoms with Crippen LogP contribution >= 0.6 is 11.3 Å². The van der Waals surface area contributed by atoms with Crippen LogP contribution in [0.3, 0.4) is 0 Å². The summed E-state index contributed by atoms with van der Waals surface area (Å²) in [6, 6.07) is 8.18. The Morgan fingerprint density at radius 3 is 2.71 bits per heavy atom. The van der Waals surface area contributed by atoms with Gasteiger partial charge in [0.25, 0.3) is 15.6 Å². The highest BCUT2D eigenvalue weighted by atomic mass is 32.2. The third kappa shape index (κ3) is 3.13. The molecule has 1 aliphatic rings. The summed E-state index contributed by atoms with van der Waals surface area (Å²) in [5.41, 5.74) is 1.97. The molecule has 0 unspecified atom stereocenters. The minimum atomic E-state index is -3.92. The van der Waals surface area contributed by atoms with Crippen molar-refractivity contribution in [3.63, 3.8) is 0 Å². The molecular formula is C19H22N4O3S2. The lowest BCUT2D eigenvalue weighted by Crippen LogP contribution is -2.54. The Balaban J connectivity index is 1.66. The normalized spacial score (nSPS) is 18.7. The van der Waals surface area contributed by atoms with Crippen molar-refractivity contribution in [2.45, 2.75) is 31.7 Å². The summed E-state index contributed by atoms with van der Waals surface area (Å²) in [7, 11) is -3.92. The Bertz CT molecular complexity index is 1200. The summed E-state index contributed by atoms with van der Waals surface area (Å²) in [4.78, 5) is 19.6. The fourth-order valence-corrected chi connectivity index (χ4v) is 6.21. The number of hydrogen-bond acceptors (Lipinski definition) is 6. The maximum Gasteiger partial charge on any atom is 0.279 e. The molecule has 0 bridgehead atoms. The molecule has 7 nitrogen and oxygen atoms in total. The number of rotatable bonds is 3. The Morgan fingerprint density at radius 2 is 2.00 bits per heavy atom. The highest BCUT2D eigenvalue weighted by Crippen LogP contribution is 2.25. The molecule has 1 aromatic carbocycles. The number of aryl methyl sites for hydroxylation is 2. The lowest BCUT2D eigenvalue weighted by Gasteiger charge is -2.40. The zero-order chi connectivity index (χ0) is 20.1. The second-order valence-corrected chi connectivity index (χ2v) is 9.88. The van der Waals surface area contributed by atoms with E-state index in [1.165, 1.54) is 25.6 Å². The Labute approximate surface area is 167 Å². The molecule has 0 radical (unpaired) electrons. The summed E-state index contributed by atoms with van der Waals surface area (Å²) in [6.07, 6.45) is 1.56. The lowest BCUT2D eigenvalue weighted by atomic mass is 10.1. The van der Waals surface area contributed by atoms with Gasteiger partial charge in [-0.05, 0) is 38.5 Å². The van der Waals surface area contributed by atoms with Crippen LogP contribution in [0.25, 0.3) is 4.96 Å². The van der Waals surface area contributed by atoms with E-state index in [0.29, 0.717) is 24.6 Å². The van der Waals surface area contributed by atoms with E-state index in [-0.39, 0.29) is 16.6 Å². The Kier molecular flexibility index (Phi) is 4.76. The number of benzene rings is 1. The molecule has 4 rings (SSSR count). The summed E-state index contributed by atoms with van der Waals surface area (Å²) < 4.78 is 29.3. The predicted octanol–water partition coefficient (Wildman–Crippen LogP) is 2.27. The first-order chi connectivity index (χ1) is 13.3. The van der Waals surface area contributed by atoms with Gasteiger partial charge in [-0.15, -0.1) is 11.3 Å². The molecule has 0 N–H and O–H groups in total. The van der Waals surface area contributed by atoms with Crippen LogP contribution in [-0.4, -0.2) is 47.8 Å². The van der Waals surface area contributed by atoms with E-state index in [4.69, 9.17) is 0 Å². The van der Waals surface area contributed by atoms with E-state index < -0.39 is 15.6 Å². The van der Waals surface area contributed by atoms with Crippen molar-refractivity contribution in [3.8, 4) is 0 Å². The van der Waals surface area contributed by atoms with Gasteiger partial charge in [0.1, 0.15) is 0 Å². The molecule has 148 valence electrons. The van der Waals surface area contributed by atoms with Crippen molar-refractivity contribution in [2.24, 2.45) is 0 Å². The second-order valence-electron chi connectivity index (χ2n) is 7.13. The SMILES string of the molecule is Cc1cccc(N2CCN(S(=O)(=O)c3c(C)nc4sccn4c3=O)C[C@@H]2C)c1. The molecule has 3 aromatic rings. The van der Waals surface area contributed by atoms with Gasteiger partial charge in [0.15, 0.2) is 9.86 Å². The zero-order valence-electron chi connectivity index (χ0n) is 16.0. The van der Waals surface area contributed by atoms with Crippen LogP contribution in [0.5, 0.6) is 0 Å². The number of nitrogens with zero attached hydrogens (tertiary/aromatic N) is 4. The summed E-state index contributed by atoms with van der Waals surface area (Å²) in [6.45, 7) is 6.84. The van der Waals surface area contributed by atoms with Crippen molar-refractivity contribution < 1.29 is 8.42 Å². The van der Waals surface area contributed by atoms with Gasteiger partial charge in [0.2, 0.25) is 0 Å². The molecule has 28 heavy (non-hydrogen) atoms. The standard InChI is InChI=1S/C19H22N4O3S2/c1-13-5-4-6-16(11-13)22-8-7-21(12-14(22)2)28(25,26)17-15(3)20-19-23(18(17)24)9-10-27-19/h4-6,9-11,14H,7-8,12H2,1-3H3/t14-/m0/s1. The van der Waals surface area contributed by atoms with E-state index in [2.05, 4.69) is 16.0 Å². The van der Waals surface area contributed by atoms with E-state index in [9.17, 15) is 13.2 Å². The summed E-state index contributed by atoms with van der Waals surface area (Å²) in [5, 5.41) is 1.72. The molecule has 0 amide bonds. The number of thiazole rings is 1. The first-order valence-electron chi connectivity index (χ1n) is 9.09. The number of sulfonamides is 1. The first kappa shape index (κ1) is 19.1. The highest BCUT2D eigenvalue weighted by Gasteiger charge is 2.35. The van der Waals surface area contributed by atoms with Gasteiger partial charge in [-0.3, -0.25) is 9.20 Å². The van der Waals surface area contributed by atoms with Gasteiger partial charge in [-0.25, -0.2) is 13.4 Å². The minimum Gasteiger partial charge on any atom is -0.366 e. The predicted molar refractivity (Wildman–Crippen MR) is 111 cm³/mol. The van der Waals surface area contributed by atoms with Crippen molar-refractivity contribution in [1.82, 2.24) is 13.7 Å². The van der Waals surface area contributed by atoms with Gasteiger partial charge >= 0.3 is 0 Å². The fourth-order valence-electron chi connectivity index (χ4n) is 3.72. The van der Waals surface area contributed by atoms with E-state index in [0.717, 1.165) is 5.69 Å². The van der Waals surface area contributed by atoms with Crippen LogP contribution in [0.4, 0.5) is 5.69 Å². The van der Waals surface area contributed by atoms with Gasteiger partial charge in [-0.1, -0.05) is 12.1 Å². The van der Waals surface area contributed by atoms with Crippen molar-refractivity contribution >= 4 is 32.0 Å². The third-order valence-corrected chi connectivity index (χ3v) is 7.87. The molecule has 1 fully saturated rings. The average Bonchev–Trinajstić information content (AvgIpc) is 3.10. The minimum absolute atomic E-state index is 0.00813. The van der Waals surface area contributed by atoms with Crippen LogP contribution < -0.4 is 10.5 Å². The molecule has 1 aliphatic heterocycles. The smallest absolute Gasteiger partial charge is 0.279 e. The number of hydrogen-bond donors (Lipinski definition) is 0. The van der Waals surface area contributed by atoms with E-state index >= 15 is 0 Å². The number of aromatic nitrogens is 2. The zero-order valence-corrected chi connectivity index (χ0v) is 17.6. The monoisotopic (exact) mass is 418 g/mol. The van der Waals surface area contributed by atoms with Crippen molar-refractivity contribution in [1.29, 1.82) is 0 Å². The van der Waals surface area contributed by atoms with Gasteiger partial charge in [0.05, 0.1) is 5.69 Å².